The van der Waals surface area contributed by atoms with Gasteiger partial charge in [0.1, 0.15) is 5.69 Å². The Labute approximate surface area is 156 Å². The van der Waals surface area contributed by atoms with Crippen LogP contribution in [-0.2, 0) is 0 Å². The molecule has 1 aromatic carbocycles. The van der Waals surface area contributed by atoms with Crippen molar-refractivity contribution in [3.05, 3.63) is 69.9 Å². The predicted molar refractivity (Wildman–Crippen MR) is 104 cm³/mol. The van der Waals surface area contributed by atoms with E-state index in [1.165, 1.54) is 11.3 Å². The van der Waals surface area contributed by atoms with Gasteiger partial charge in [0, 0.05) is 17.3 Å². The van der Waals surface area contributed by atoms with Gasteiger partial charge in [-0.2, -0.15) is 0 Å². The first-order valence-corrected chi connectivity index (χ1v) is 9.56. The molecule has 0 radical (unpaired) electrons. The number of hydrogen-bond donors (Lipinski definition) is 2. The van der Waals surface area contributed by atoms with E-state index in [-0.39, 0.29) is 5.91 Å². The largest absolute Gasteiger partial charge is 0.336 e. The van der Waals surface area contributed by atoms with E-state index in [0.29, 0.717) is 15.6 Å². The molecule has 1 amide bonds. The molecular weight excluding hydrogens is 372 g/mol. The molecule has 0 aliphatic heterocycles. The zero-order valence-corrected chi connectivity index (χ0v) is 15.3. The van der Waals surface area contributed by atoms with Gasteiger partial charge in [-0.1, -0.05) is 24.3 Å². The maximum absolute atomic E-state index is 12.7. The number of carbonyl (C=O) groups excluding carboxylic acids is 1. The van der Waals surface area contributed by atoms with Crippen molar-refractivity contribution in [1.82, 2.24) is 14.5 Å². The maximum atomic E-state index is 12.7. The summed E-state index contributed by atoms with van der Waals surface area (Å²) in [5.41, 5.74) is 2.13. The van der Waals surface area contributed by atoms with Gasteiger partial charge in [0.05, 0.1) is 10.6 Å². The number of carbonyl (C=O) groups is 1. The number of aromatic nitrogens is 3. The Morgan fingerprint density at radius 3 is 2.76 bits per heavy atom. The average molecular weight is 385 g/mol. The molecule has 124 valence electrons. The average Bonchev–Trinajstić information content (AvgIpc) is 3.35. The van der Waals surface area contributed by atoms with E-state index in [0.717, 1.165) is 16.3 Å². The number of rotatable bonds is 4. The van der Waals surface area contributed by atoms with Crippen molar-refractivity contribution in [2.75, 3.05) is 5.32 Å². The van der Waals surface area contributed by atoms with Crippen LogP contribution in [0.3, 0.4) is 0 Å². The lowest BCUT2D eigenvalue weighted by Gasteiger charge is -2.07. The van der Waals surface area contributed by atoms with Gasteiger partial charge in [0.2, 0.25) is 0 Å². The summed E-state index contributed by atoms with van der Waals surface area (Å²) in [5, 5.41) is 7.34. The Morgan fingerprint density at radius 1 is 1.16 bits per heavy atom. The van der Waals surface area contributed by atoms with E-state index in [1.807, 2.05) is 53.2 Å². The molecule has 3 aromatic heterocycles. The summed E-state index contributed by atoms with van der Waals surface area (Å²) in [7, 11) is 0. The molecule has 2 N–H and O–H groups in total. The fourth-order valence-corrected chi connectivity index (χ4v) is 4.13. The molecule has 4 aromatic rings. The number of hydrogen-bond acceptors (Lipinski definition) is 5. The quantitative estimate of drug-likeness (QED) is 0.488. The van der Waals surface area contributed by atoms with Gasteiger partial charge in [0.15, 0.2) is 9.90 Å². The molecule has 5 nitrogen and oxygen atoms in total. The monoisotopic (exact) mass is 384 g/mol. The van der Waals surface area contributed by atoms with Crippen LogP contribution >= 0.6 is 34.9 Å². The number of aromatic amines is 1. The van der Waals surface area contributed by atoms with Gasteiger partial charge in [-0.05, 0) is 35.8 Å². The highest BCUT2D eigenvalue weighted by Gasteiger charge is 2.16. The van der Waals surface area contributed by atoms with Crippen molar-refractivity contribution < 1.29 is 4.79 Å². The standard InChI is InChI=1S/C17H12N4OS3/c22-15(20-16-19-12(10-25-16)14-7-4-8-24-14)13-9-18-17(23)21(13)11-5-2-1-3-6-11/h1-10H,(H,18,23)(H,19,20,22). The second-order valence-corrected chi connectivity index (χ2v) is 7.31. The Kier molecular flexibility index (Phi) is 4.31. The van der Waals surface area contributed by atoms with E-state index in [2.05, 4.69) is 15.3 Å². The molecule has 0 spiro atoms. The van der Waals surface area contributed by atoms with Crippen LogP contribution in [-0.4, -0.2) is 20.4 Å². The Hall–Kier alpha value is -2.55. The van der Waals surface area contributed by atoms with Crippen LogP contribution in [0.15, 0.2) is 59.4 Å². The highest BCUT2D eigenvalue weighted by Crippen LogP contribution is 2.28. The summed E-state index contributed by atoms with van der Waals surface area (Å²) in [6, 6.07) is 13.5. The molecule has 0 atom stereocenters. The second kappa shape index (κ2) is 6.75. The molecule has 0 aliphatic rings. The summed E-state index contributed by atoms with van der Waals surface area (Å²) in [4.78, 5) is 21.2. The van der Waals surface area contributed by atoms with Crippen molar-refractivity contribution in [2.45, 2.75) is 0 Å². The number of para-hydroxylation sites is 1. The third-order valence-electron chi connectivity index (χ3n) is 3.52. The van der Waals surface area contributed by atoms with Crippen molar-refractivity contribution in [1.29, 1.82) is 0 Å². The normalized spacial score (nSPS) is 10.7. The highest BCUT2D eigenvalue weighted by atomic mass is 32.1. The number of anilines is 1. The first-order valence-electron chi connectivity index (χ1n) is 7.39. The minimum Gasteiger partial charge on any atom is -0.336 e. The molecule has 0 saturated heterocycles. The summed E-state index contributed by atoms with van der Waals surface area (Å²) in [6.45, 7) is 0. The molecule has 8 heteroatoms. The smallest absolute Gasteiger partial charge is 0.276 e. The molecule has 0 fully saturated rings. The number of H-pyrrole nitrogens is 1. The molecule has 4 rings (SSSR count). The predicted octanol–water partition coefficient (Wildman–Crippen LogP) is 4.97. The molecular formula is C17H12N4OS3. The number of amides is 1. The molecule has 0 saturated carbocycles. The van der Waals surface area contributed by atoms with Crippen molar-refractivity contribution in [3.8, 4) is 16.3 Å². The first-order chi connectivity index (χ1) is 12.2. The van der Waals surface area contributed by atoms with Crippen molar-refractivity contribution in [3.63, 3.8) is 0 Å². The summed E-state index contributed by atoms with van der Waals surface area (Å²) in [5.74, 6) is -0.261. The van der Waals surface area contributed by atoms with E-state index < -0.39 is 0 Å². The first kappa shape index (κ1) is 15.9. The SMILES string of the molecule is O=C(Nc1nc(-c2cccs2)cs1)c1c[nH]c(=S)n1-c1ccccc1. The fourth-order valence-electron chi connectivity index (χ4n) is 2.40. The number of nitrogens with zero attached hydrogens (tertiary/aromatic N) is 2. The fraction of sp³-hybridized carbons (Fsp3) is 0. The molecule has 3 heterocycles. The minimum atomic E-state index is -0.261. The van der Waals surface area contributed by atoms with Crippen LogP contribution in [0.5, 0.6) is 0 Å². The number of thiophene rings is 1. The van der Waals surface area contributed by atoms with Crippen LogP contribution in [0.1, 0.15) is 10.5 Å². The van der Waals surface area contributed by atoms with Crippen LogP contribution in [0.2, 0.25) is 0 Å². The zero-order valence-electron chi connectivity index (χ0n) is 12.8. The van der Waals surface area contributed by atoms with Gasteiger partial charge >= 0.3 is 0 Å². The van der Waals surface area contributed by atoms with Gasteiger partial charge in [-0.15, -0.1) is 22.7 Å². The number of thiazole rings is 1. The zero-order chi connectivity index (χ0) is 17.2. The van der Waals surface area contributed by atoms with Gasteiger partial charge in [-0.25, -0.2) is 4.98 Å². The number of benzene rings is 1. The summed E-state index contributed by atoms with van der Waals surface area (Å²) in [6.07, 6.45) is 1.61. The molecule has 0 aliphatic carbocycles. The van der Waals surface area contributed by atoms with E-state index in [1.54, 1.807) is 22.1 Å². The van der Waals surface area contributed by atoms with Crippen molar-refractivity contribution >= 4 is 45.9 Å². The van der Waals surface area contributed by atoms with Gasteiger partial charge in [-0.3, -0.25) is 14.7 Å². The lowest BCUT2D eigenvalue weighted by Crippen LogP contribution is -2.16. The lowest BCUT2D eigenvalue weighted by molar-refractivity contribution is 0.102. The minimum absolute atomic E-state index is 0.261. The highest BCUT2D eigenvalue weighted by molar-refractivity contribution is 7.71. The Balaban J connectivity index is 1.62. The van der Waals surface area contributed by atoms with E-state index >= 15 is 0 Å². The Morgan fingerprint density at radius 2 is 2.00 bits per heavy atom. The van der Waals surface area contributed by atoms with E-state index in [4.69, 9.17) is 12.2 Å². The lowest BCUT2D eigenvalue weighted by atomic mass is 10.3. The summed E-state index contributed by atoms with van der Waals surface area (Å²) < 4.78 is 2.17. The van der Waals surface area contributed by atoms with Crippen LogP contribution < -0.4 is 5.32 Å². The van der Waals surface area contributed by atoms with Crippen LogP contribution in [0.4, 0.5) is 5.13 Å². The topological polar surface area (TPSA) is 62.7 Å². The van der Waals surface area contributed by atoms with E-state index in [9.17, 15) is 4.79 Å². The molecule has 25 heavy (non-hydrogen) atoms. The summed E-state index contributed by atoms with van der Waals surface area (Å²) >= 11 is 8.33. The third-order valence-corrected chi connectivity index (χ3v) is 5.47. The third kappa shape index (κ3) is 3.19. The number of nitrogens with one attached hydrogen (secondary N) is 2. The number of imidazole rings is 1. The van der Waals surface area contributed by atoms with Crippen molar-refractivity contribution in [2.24, 2.45) is 0 Å². The van der Waals surface area contributed by atoms with Crippen LogP contribution in [0.25, 0.3) is 16.3 Å². The second-order valence-electron chi connectivity index (χ2n) is 5.12. The van der Waals surface area contributed by atoms with Gasteiger partial charge < -0.3 is 4.98 Å². The van der Waals surface area contributed by atoms with Gasteiger partial charge in [0.25, 0.3) is 5.91 Å². The molecule has 0 bridgehead atoms. The molecule has 0 unspecified atom stereocenters. The Bertz CT molecular complexity index is 1060. The maximum Gasteiger partial charge on any atom is 0.276 e. The van der Waals surface area contributed by atoms with Crippen LogP contribution in [0, 0.1) is 4.77 Å².